The predicted octanol–water partition coefficient (Wildman–Crippen LogP) is 1.93. The van der Waals surface area contributed by atoms with Gasteiger partial charge >= 0.3 is 0 Å². The van der Waals surface area contributed by atoms with Crippen molar-refractivity contribution in [3.63, 3.8) is 0 Å². The fourth-order valence-electron chi connectivity index (χ4n) is 3.63. The van der Waals surface area contributed by atoms with Crippen LogP contribution in [0.2, 0.25) is 0 Å². The molecule has 0 aliphatic carbocycles. The van der Waals surface area contributed by atoms with Crippen LogP contribution in [-0.4, -0.2) is 78.2 Å². The second kappa shape index (κ2) is 8.52. The van der Waals surface area contributed by atoms with E-state index in [-0.39, 0.29) is 11.7 Å². The van der Waals surface area contributed by atoms with Gasteiger partial charge in [0.25, 0.3) is 11.7 Å². The molecule has 160 valence electrons. The minimum Gasteiger partial charge on any atom is -0.339 e. The highest BCUT2D eigenvalue weighted by Crippen LogP contribution is 2.21. The Hall–Kier alpha value is -3.18. The molecule has 0 unspecified atom stereocenters. The summed E-state index contributed by atoms with van der Waals surface area (Å²) in [6.07, 6.45) is 3.34. The molecule has 4 aromatic rings. The summed E-state index contributed by atoms with van der Waals surface area (Å²) in [5.41, 5.74) is 0.894. The molecule has 10 nitrogen and oxygen atoms in total. The largest absolute Gasteiger partial charge is 0.339 e. The van der Waals surface area contributed by atoms with Crippen LogP contribution in [0.1, 0.15) is 28.6 Å². The summed E-state index contributed by atoms with van der Waals surface area (Å²) in [6.45, 7) is 5.79. The Labute approximate surface area is 182 Å². The van der Waals surface area contributed by atoms with Gasteiger partial charge in [0.2, 0.25) is 17.5 Å². The van der Waals surface area contributed by atoms with Crippen molar-refractivity contribution in [2.75, 3.05) is 32.7 Å². The molecule has 11 heteroatoms. The van der Waals surface area contributed by atoms with Crippen molar-refractivity contribution >= 4 is 23.0 Å². The van der Waals surface area contributed by atoms with E-state index < -0.39 is 0 Å². The first-order chi connectivity index (χ1) is 15.2. The maximum absolute atomic E-state index is 12.8. The molecule has 0 aromatic carbocycles. The van der Waals surface area contributed by atoms with Gasteiger partial charge in [0, 0.05) is 44.5 Å². The summed E-state index contributed by atoms with van der Waals surface area (Å²) in [4.78, 5) is 30.9. The van der Waals surface area contributed by atoms with Crippen molar-refractivity contribution in [1.82, 2.24) is 39.5 Å². The Kier molecular flexibility index (Phi) is 5.43. The number of fused-ring (bicyclic) bond motifs is 1. The Morgan fingerprint density at radius 1 is 1.19 bits per heavy atom. The molecule has 0 N–H and O–H groups in total. The molecule has 0 bridgehead atoms. The van der Waals surface area contributed by atoms with E-state index in [9.17, 15) is 4.79 Å². The fourth-order valence-corrected chi connectivity index (χ4v) is 4.28. The molecule has 1 aliphatic rings. The average molecular weight is 439 g/mol. The Balaban J connectivity index is 1.10. The second-order valence-corrected chi connectivity index (χ2v) is 8.41. The van der Waals surface area contributed by atoms with Crippen molar-refractivity contribution in [1.29, 1.82) is 0 Å². The lowest BCUT2D eigenvalue weighted by Crippen LogP contribution is -2.49. The van der Waals surface area contributed by atoms with Gasteiger partial charge in [-0.25, -0.2) is 9.50 Å². The number of thiophene rings is 1. The summed E-state index contributed by atoms with van der Waals surface area (Å²) in [5.74, 6) is 1.83. The van der Waals surface area contributed by atoms with Crippen LogP contribution in [0.3, 0.4) is 0 Å². The van der Waals surface area contributed by atoms with Gasteiger partial charge in [0.15, 0.2) is 0 Å². The van der Waals surface area contributed by atoms with Crippen molar-refractivity contribution in [3.8, 4) is 10.7 Å². The van der Waals surface area contributed by atoms with Crippen LogP contribution in [0.5, 0.6) is 0 Å². The van der Waals surface area contributed by atoms with Crippen LogP contribution in [0.25, 0.3) is 16.5 Å². The van der Waals surface area contributed by atoms with Gasteiger partial charge in [0.1, 0.15) is 0 Å². The number of aromatic nitrogens is 6. The summed E-state index contributed by atoms with van der Waals surface area (Å²) in [6, 6.07) is 5.80. The van der Waals surface area contributed by atoms with E-state index in [1.165, 1.54) is 0 Å². The molecular weight excluding hydrogens is 416 g/mol. The molecule has 1 aliphatic heterocycles. The van der Waals surface area contributed by atoms with Gasteiger partial charge in [-0.2, -0.15) is 9.97 Å². The number of carbonyl (C=O) groups excluding carboxylic acids is 1. The van der Waals surface area contributed by atoms with E-state index >= 15 is 0 Å². The minimum atomic E-state index is -0.142. The van der Waals surface area contributed by atoms with Crippen LogP contribution in [-0.2, 0) is 6.42 Å². The highest BCUT2D eigenvalue weighted by molar-refractivity contribution is 7.13. The van der Waals surface area contributed by atoms with Gasteiger partial charge in [-0.05, 0) is 37.4 Å². The normalized spacial score (nSPS) is 15.1. The standard InChI is InChI=1S/C20H22N8O2S/c1-14-6-7-21-20-23-18(24-28(14)20)19(29)27-11-9-26(10-12-27)8-2-5-16-22-17(25-30-16)15-4-3-13-31-15/h3-4,6-7,13H,2,5,8-12H2,1H3. The molecule has 1 saturated heterocycles. The first-order valence-electron chi connectivity index (χ1n) is 10.2. The van der Waals surface area contributed by atoms with E-state index in [0.717, 1.165) is 43.0 Å². The van der Waals surface area contributed by atoms with Crippen molar-refractivity contribution in [3.05, 3.63) is 47.2 Å². The molecule has 4 aromatic heterocycles. The number of hydrogen-bond donors (Lipinski definition) is 0. The number of piperazine rings is 1. The van der Waals surface area contributed by atoms with Crippen LogP contribution in [0.15, 0.2) is 34.3 Å². The molecule has 1 amide bonds. The highest BCUT2D eigenvalue weighted by Gasteiger charge is 2.25. The third kappa shape index (κ3) is 4.19. The molecule has 1 fully saturated rings. The summed E-state index contributed by atoms with van der Waals surface area (Å²) < 4.78 is 6.96. The van der Waals surface area contributed by atoms with Crippen molar-refractivity contribution in [2.45, 2.75) is 19.8 Å². The minimum absolute atomic E-state index is 0.142. The van der Waals surface area contributed by atoms with E-state index in [1.807, 2.05) is 35.4 Å². The van der Waals surface area contributed by atoms with Gasteiger partial charge < -0.3 is 9.42 Å². The number of carbonyl (C=O) groups is 1. The van der Waals surface area contributed by atoms with Crippen LogP contribution in [0.4, 0.5) is 0 Å². The zero-order chi connectivity index (χ0) is 21.2. The van der Waals surface area contributed by atoms with Crippen molar-refractivity contribution in [2.24, 2.45) is 0 Å². The molecular formula is C20H22N8O2S. The van der Waals surface area contributed by atoms with Gasteiger partial charge in [-0.1, -0.05) is 11.2 Å². The third-order valence-corrected chi connectivity index (χ3v) is 6.22. The average Bonchev–Trinajstić information content (AvgIpc) is 3.54. The smallest absolute Gasteiger partial charge is 0.293 e. The molecule has 0 spiro atoms. The Morgan fingerprint density at radius 2 is 2.06 bits per heavy atom. The van der Waals surface area contributed by atoms with E-state index in [0.29, 0.717) is 30.6 Å². The molecule has 0 saturated carbocycles. The van der Waals surface area contributed by atoms with Gasteiger partial charge in [-0.3, -0.25) is 9.69 Å². The Morgan fingerprint density at radius 3 is 2.84 bits per heavy atom. The number of amides is 1. The van der Waals surface area contributed by atoms with Crippen LogP contribution >= 0.6 is 11.3 Å². The molecule has 0 atom stereocenters. The van der Waals surface area contributed by atoms with Crippen LogP contribution in [0, 0.1) is 6.92 Å². The van der Waals surface area contributed by atoms with E-state index in [2.05, 4.69) is 30.1 Å². The summed E-state index contributed by atoms with van der Waals surface area (Å²) >= 11 is 1.60. The summed E-state index contributed by atoms with van der Waals surface area (Å²) in [5, 5.41) is 10.4. The number of hydrogen-bond acceptors (Lipinski definition) is 9. The zero-order valence-electron chi connectivity index (χ0n) is 17.1. The SMILES string of the molecule is Cc1ccnc2nc(C(=O)N3CCN(CCCc4nc(-c5cccs5)no4)CC3)nn12. The number of rotatable bonds is 6. The van der Waals surface area contributed by atoms with Crippen LogP contribution < -0.4 is 0 Å². The third-order valence-electron chi connectivity index (χ3n) is 5.36. The zero-order valence-corrected chi connectivity index (χ0v) is 18.0. The number of nitrogens with zero attached hydrogens (tertiary/aromatic N) is 8. The fraction of sp³-hybridized carbons (Fsp3) is 0.400. The lowest BCUT2D eigenvalue weighted by atomic mass is 10.2. The van der Waals surface area contributed by atoms with Crippen molar-refractivity contribution < 1.29 is 9.32 Å². The molecule has 5 heterocycles. The maximum atomic E-state index is 12.8. The summed E-state index contributed by atoms with van der Waals surface area (Å²) in [7, 11) is 0. The van der Waals surface area contributed by atoms with Gasteiger partial charge in [0.05, 0.1) is 4.88 Å². The van der Waals surface area contributed by atoms with E-state index in [4.69, 9.17) is 4.52 Å². The van der Waals surface area contributed by atoms with Gasteiger partial charge in [-0.15, -0.1) is 16.4 Å². The molecule has 0 radical (unpaired) electrons. The Bertz CT molecular complexity index is 1180. The maximum Gasteiger partial charge on any atom is 0.293 e. The lowest BCUT2D eigenvalue weighted by Gasteiger charge is -2.34. The second-order valence-electron chi connectivity index (χ2n) is 7.46. The monoisotopic (exact) mass is 438 g/mol. The predicted molar refractivity (Wildman–Crippen MR) is 114 cm³/mol. The first-order valence-corrected chi connectivity index (χ1v) is 11.1. The molecule has 5 rings (SSSR count). The molecule has 31 heavy (non-hydrogen) atoms. The highest BCUT2D eigenvalue weighted by atomic mass is 32.1. The number of aryl methyl sites for hydroxylation is 2. The van der Waals surface area contributed by atoms with E-state index in [1.54, 1.807) is 22.0 Å². The first kappa shape index (κ1) is 19.8. The topological polar surface area (TPSA) is 106 Å². The quantitative estimate of drug-likeness (QED) is 0.450. The lowest BCUT2D eigenvalue weighted by molar-refractivity contribution is 0.0624.